The van der Waals surface area contributed by atoms with Gasteiger partial charge in [-0.25, -0.2) is 0 Å². The molecule has 0 radical (unpaired) electrons. The minimum atomic E-state index is -0.255. The second-order valence-electron chi connectivity index (χ2n) is 13.7. The molecule has 0 aromatic carbocycles. The van der Waals surface area contributed by atoms with Crippen molar-refractivity contribution in [1.29, 1.82) is 0 Å². The van der Waals surface area contributed by atoms with E-state index >= 15 is 0 Å². The van der Waals surface area contributed by atoms with Crippen molar-refractivity contribution in [2.75, 3.05) is 0 Å². The van der Waals surface area contributed by atoms with Crippen LogP contribution in [0.3, 0.4) is 0 Å². The molecule has 0 unspecified atom stereocenters. The quantitative estimate of drug-likeness (QED) is 0.460. The summed E-state index contributed by atoms with van der Waals surface area (Å²) < 4.78 is 0. The van der Waals surface area contributed by atoms with Crippen LogP contribution in [0.4, 0.5) is 0 Å². The van der Waals surface area contributed by atoms with Crippen molar-refractivity contribution in [1.82, 2.24) is 0 Å². The number of ketones is 2. The third-order valence-corrected chi connectivity index (χ3v) is 11.6. The molecule has 0 heterocycles. The average Bonchev–Trinajstić information content (AvgIpc) is 2.75. The van der Waals surface area contributed by atoms with Gasteiger partial charge in [0, 0.05) is 17.4 Å². The fourth-order valence-corrected chi connectivity index (χ4v) is 9.29. The minimum Gasteiger partial charge on any atom is -0.504 e. The van der Waals surface area contributed by atoms with Crippen LogP contribution >= 0.6 is 0 Å². The highest BCUT2D eigenvalue weighted by Gasteiger charge is 2.66. The Labute approximate surface area is 205 Å². The van der Waals surface area contributed by atoms with Crippen LogP contribution in [0.5, 0.6) is 0 Å². The van der Waals surface area contributed by atoms with Crippen LogP contribution in [0, 0.1) is 33.0 Å². The number of carbonyl (C=O) groups is 2. The standard InChI is InChI=1S/C31H42O3/c1-19(32)17-27(3)10-11-28(4)12-14-30(6)24-9-8-21-20(2)26(34)23(33)16-22(21)29(24,5)13-15-31(30,7)25(28)18-27/h8-9,16,25,34H,10-15,17-18H2,1-7H3/t25-,27+,28-,29+,30-,31+/m1/s1. The maximum Gasteiger partial charge on any atom is 0.220 e. The van der Waals surface area contributed by atoms with Crippen molar-refractivity contribution in [2.45, 2.75) is 99.8 Å². The first-order valence-corrected chi connectivity index (χ1v) is 13.3. The van der Waals surface area contributed by atoms with Crippen LogP contribution in [-0.4, -0.2) is 16.7 Å². The maximum absolute atomic E-state index is 12.6. The van der Waals surface area contributed by atoms with Gasteiger partial charge >= 0.3 is 0 Å². The molecular weight excluding hydrogens is 420 g/mol. The van der Waals surface area contributed by atoms with Crippen molar-refractivity contribution >= 4 is 11.6 Å². The van der Waals surface area contributed by atoms with E-state index in [9.17, 15) is 14.7 Å². The van der Waals surface area contributed by atoms with Crippen LogP contribution in [0.15, 0.2) is 46.3 Å². The summed E-state index contributed by atoms with van der Waals surface area (Å²) in [4.78, 5) is 24.8. The molecule has 5 aliphatic rings. The summed E-state index contributed by atoms with van der Waals surface area (Å²) in [5, 5.41) is 10.3. The molecule has 0 aromatic rings. The predicted octanol–water partition coefficient (Wildman–Crippen LogP) is 7.59. The SMILES string of the molecule is CC(=O)C[C@]1(C)CC[C@]2(C)CC[C@]3(C)C4=CC=C5C(=CC(=O)C(O)=C5C)[C@]4(C)CC[C@@]3(C)[C@@H]2C1. The third-order valence-electron chi connectivity index (χ3n) is 11.6. The molecule has 0 saturated heterocycles. The number of fused-ring (bicyclic) bond motifs is 7. The molecule has 5 rings (SSSR count). The molecule has 0 bridgehead atoms. The van der Waals surface area contributed by atoms with Gasteiger partial charge in [-0.15, -0.1) is 0 Å². The highest BCUT2D eigenvalue weighted by molar-refractivity contribution is 6.06. The number of hydrogen-bond donors (Lipinski definition) is 1. The number of carbonyl (C=O) groups excluding carboxylic acids is 2. The van der Waals surface area contributed by atoms with Gasteiger partial charge in [0.15, 0.2) is 5.76 Å². The molecule has 0 spiro atoms. The van der Waals surface area contributed by atoms with Gasteiger partial charge in [0.1, 0.15) is 5.78 Å². The van der Waals surface area contributed by atoms with Crippen LogP contribution in [0.2, 0.25) is 0 Å². The smallest absolute Gasteiger partial charge is 0.220 e. The van der Waals surface area contributed by atoms with Gasteiger partial charge in [-0.3, -0.25) is 4.79 Å². The van der Waals surface area contributed by atoms with E-state index in [0.717, 1.165) is 36.8 Å². The Balaban J connectivity index is 1.61. The number of rotatable bonds is 2. The summed E-state index contributed by atoms with van der Waals surface area (Å²) >= 11 is 0. The zero-order valence-electron chi connectivity index (χ0n) is 22.2. The molecule has 34 heavy (non-hydrogen) atoms. The molecule has 0 aromatic heterocycles. The lowest BCUT2D eigenvalue weighted by Gasteiger charge is -2.70. The van der Waals surface area contributed by atoms with E-state index in [1.165, 1.54) is 24.8 Å². The molecular formula is C31H42O3. The lowest BCUT2D eigenvalue weighted by molar-refractivity contribution is -0.163. The second kappa shape index (κ2) is 7.08. The summed E-state index contributed by atoms with van der Waals surface area (Å²) in [7, 11) is 0. The highest BCUT2D eigenvalue weighted by Crippen LogP contribution is 2.75. The average molecular weight is 463 g/mol. The molecule has 3 fully saturated rings. The molecule has 3 saturated carbocycles. The summed E-state index contributed by atoms with van der Waals surface area (Å²) in [5.74, 6) is 0.538. The minimum absolute atomic E-state index is 0.0433. The zero-order chi connectivity index (χ0) is 24.9. The van der Waals surface area contributed by atoms with Crippen LogP contribution in [0.1, 0.15) is 99.8 Å². The summed E-state index contributed by atoms with van der Waals surface area (Å²) in [5.41, 5.74) is 4.77. The van der Waals surface area contributed by atoms with Crippen molar-refractivity contribution in [3.63, 3.8) is 0 Å². The van der Waals surface area contributed by atoms with Gasteiger partial charge in [0.05, 0.1) is 0 Å². The van der Waals surface area contributed by atoms with Gasteiger partial charge in [0.25, 0.3) is 0 Å². The topological polar surface area (TPSA) is 54.4 Å². The Kier molecular flexibility index (Phi) is 4.96. The number of hydrogen-bond acceptors (Lipinski definition) is 3. The fourth-order valence-electron chi connectivity index (χ4n) is 9.29. The summed E-state index contributed by atoms with van der Waals surface area (Å²) in [6.45, 7) is 15.9. The Hall–Kier alpha value is -1.90. The fraction of sp³-hybridized carbons (Fsp3) is 0.677. The van der Waals surface area contributed by atoms with Gasteiger partial charge in [-0.1, -0.05) is 52.3 Å². The lowest BCUT2D eigenvalue weighted by atomic mass is 9.34. The first kappa shape index (κ1) is 23.8. The van der Waals surface area contributed by atoms with Crippen molar-refractivity contribution in [3.8, 4) is 0 Å². The van der Waals surface area contributed by atoms with Crippen LogP contribution in [0.25, 0.3) is 0 Å². The van der Waals surface area contributed by atoms with Crippen molar-refractivity contribution in [2.24, 2.45) is 33.0 Å². The first-order chi connectivity index (χ1) is 15.7. The van der Waals surface area contributed by atoms with E-state index in [-0.39, 0.29) is 33.2 Å². The largest absolute Gasteiger partial charge is 0.504 e. The number of aliphatic hydroxyl groups excluding tert-OH is 1. The summed E-state index contributed by atoms with van der Waals surface area (Å²) in [6.07, 6.45) is 15.0. The highest BCUT2D eigenvalue weighted by atomic mass is 16.3. The predicted molar refractivity (Wildman–Crippen MR) is 136 cm³/mol. The van der Waals surface area contributed by atoms with Crippen molar-refractivity contribution < 1.29 is 14.7 Å². The second-order valence-corrected chi connectivity index (χ2v) is 13.7. The zero-order valence-corrected chi connectivity index (χ0v) is 22.2. The number of aliphatic hydroxyl groups is 1. The summed E-state index contributed by atoms with van der Waals surface area (Å²) in [6, 6.07) is 0. The van der Waals surface area contributed by atoms with E-state index < -0.39 is 0 Å². The van der Waals surface area contributed by atoms with E-state index in [1.807, 2.05) is 6.92 Å². The Morgan fingerprint density at radius 1 is 1.00 bits per heavy atom. The molecule has 5 aliphatic carbocycles. The molecule has 0 amide bonds. The maximum atomic E-state index is 12.6. The van der Waals surface area contributed by atoms with Gasteiger partial charge in [0.2, 0.25) is 5.78 Å². The normalized spacial score (nSPS) is 45.8. The van der Waals surface area contributed by atoms with E-state index in [0.29, 0.717) is 29.1 Å². The van der Waals surface area contributed by atoms with Gasteiger partial charge < -0.3 is 9.90 Å². The third kappa shape index (κ3) is 2.94. The molecule has 6 atom stereocenters. The molecule has 3 nitrogen and oxygen atoms in total. The molecule has 0 aliphatic heterocycles. The van der Waals surface area contributed by atoms with Crippen molar-refractivity contribution in [3.05, 3.63) is 46.3 Å². The Morgan fingerprint density at radius 2 is 1.68 bits per heavy atom. The molecule has 3 heteroatoms. The van der Waals surface area contributed by atoms with E-state index in [1.54, 1.807) is 13.0 Å². The van der Waals surface area contributed by atoms with E-state index in [2.05, 4.69) is 46.8 Å². The number of Topliss-reactive ketones (excluding diaryl/α,β-unsaturated/α-hetero) is 1. The molecule has 184 valence electrons. The Bertz CT molecular complexity index is 1120. The van der Waals surface area contributed by atoms with E-state index in [4.69, 9.17) is 0 Å². The molecule has 1 N–H and O–H groups in total. The first-order valence-electron chi connectivity index (χ1n) is 13.3. The van der Waals surface area contributed by atoms with Gasteiger partial charge in [-0.05, 0) is 104 Å². The lowest BCUT2D eigenvalue weighted by Crippen LogP contribution is -2.61. The van der Waals surface area contributed by atoms with Crippen LogP contribution in [-0.2, 0) is 9.59 Å². The number of allylic oxidation sites excluding steroid dienone is 7. The monoisotopic (exact) mass is 462 g/mol. The van der Waals surface area contributed by atoms with Gasteiger partial charge in [-0.2, -0.15) is 0 Å². The van der Waals surface area contributed by atoms with Crippen LogP contribution < -0.4 is 0 Å². The Morgan fingerprint density at radius 3 is 2.35 bits per heavy atom.